The Morgan fingerprint density at radius 3 is 2.65 bits per heavy atom. The van der Waals surface area contributed by atoms with E-state index in [-0.39, 0.29) is 28.4 Å². The number of carbonyl (C=O) groups excluding carboxylic acids is 1. The van der Waals surface area contributed by atoms with E-state index < -0.39 is 0 Å². The quantitative estimate of drug-likeness (QED) is 0.747. The third-order valence-electron chi connectivity index (χ3n) is 3.56. The molecule has 0 spiro atoms. The highest BCUT2D eigenvalue weighted by Crippen LogP contribution is 2.47. The van der Waals surface area contributed by atoms with Gasteiger partial charge in [-0.3, -0.25) is 4.79 Å². The first kappa shape index (κ1) is 11.8. The number of aromatic hydroxyl groups is 2. The summed E-state index contributed by atoms with van der Waals surface area (Å²) in [5.74, 6) is -0.530. The summed E-state index contributed by atoms with van der Waals surface area (Å²) >= 11 is 0. The summed E-state index contributed by atoms with van der Waals surface area (Å²) in [6, 6.07) is 3.98. The van der Waals surface area contributed by atoms with E-state index in [9.17, 15) is 9.90 Å². The number of rotatable bonds is 4. The molecule has 0 atom stereocenters. The maximum absolute atomic E-state index is 11.8. The predicted molar refractivity (Wildman–Crippen MR) is 64.1 cm³/mol. The highest BCUT2D eigenvalue weighted by molar-refractivity contribution is 5.97. The van der Waals surface area contributed by atoms with E-state index in [1.807, 2.05) is 0 Å². The van der Waals surface area contributed by atoms with Crippen LogP contribution in [-0.2, 0) is 0 Å². The van der Waals surface area contributed by atoms with Gasteiger partial charge < -0.3 is 15.5 Å². The lowest BCUT2D eigenvalue weighted by atomic mass is 10.0. The fourth-order valence-corrected chi connectivity index (χ4v) is 1.91. The van der Waals surface area contributed by atoms with Crippen LogP contribution in [0.5, 0.6) is 11.5 Å². The first-order valence-electron chi connectivity index (χ1n) is 5.86. The maximum Gasteiger partial charge on any atom is 0.255 e. The molecular weight excluding hydrogens is 218 g/mol. The zero-order valence-corrected chi connectivity index (χ0v) is 9.86. The summed E-state index contributed by atoms with van der Waals surface area (Å²) in [5.41, 5.74) is 0.483. The summed E-state index contributed by atoms with van der Waals surface area (Å²) in [6.45, 7) is 2.78. The smallest absolute Gasteiger partial charge is 0.255 e. The molecule has 1 aromatic carbocycles. The number of phenolic OH excluding ortho intramolecular Hbond substituents is 2. The topological polar surface area (TPSA) is 69.6 Å². The van der Waals surface area contributed by atoms with Gasteiger partial charge in [-0.25, -0.2) is 0 Å². The van der Waals surface area contributed by atoms with Crippen LogP contribution in [-0.4, -0.2) is 22.7 Å². The Morgan fingerprint density at radius 1 is 1.41 bits per heavy atom. The molecule has 1 aliphatic rings. The van der Waals surface area contributed by atoms with E-state index in [1.165, 1.54) is 18.2 Å². The number of phenols is 2. The molecular formula is C13H17NO3. The molecule has 1 aromatic rings. The van der Waals surface area contributed by atoms with Crippen molar-refractivity contribution in [2.24, 2.45) is 5.41 Å². The van der Waals surface area contributed by atoms with Crippen molar-refractivity contribution < 1.29 is 15.0 Å². The summed E-state index contributed by atoms with van der Waals surface area (Å²) in [4.78, 5) is 11.8. The van der Waals surface area contributed by atoms with Crippen molar-refractivity contribution in [3.8, 4) is 11.5 Å². The van der Waals surface area contributed by atoms with Crippen molar-refractivity contribution in [2.75, 3.05) is 6.54 Å². The van der Waals surface area contributed by atoms with E-state index in [2.05, 4.69) is 12.2 Å². The van der Waals surface area contributed by atoms with E-state index in [4.69, 9.17) is 5.11 Å². The normalized spacial score (nSPS) is 16.5. The molecule has 0 aromatic heterocycles. The minimum Gasteiger partial charge on any atom is -0.508 e. The largest absolute Gasteiger partial charge is 0.508 e. The van der Waals surface area contributed by atoms with Gasteiger partial charge in [0.2, 0.25) is 0 Å². The van der Waals surface area contributed by atoms with Crippen LogP contribution in [0, 0.1) is 5.41 Å². The van der Waals surface area contributed by atoms with Crippen molar-refractivity contribution in [3.63, 3.8) is 0 Å². The molecule has 0 aliphatic heterocycles. The monoisotopic (exact) mass is 235 g/mol. The van der Waals surface area contributed by atoms with E-state index in [0.29, 0.717) is 6.54 Å². The van der Waals surface area contributed by atoms with Gasteiger partial charge >= 0.3 is 0 Å². The summed E-state index contributed by atoms with van der Waals surface area (Å²) in [6.07, 6.45) is 3.38. The number of hydrogen-bond acceptors (Lipinski definition) is 3. The Labute approximate surface area is 100 Å². The van der Waals surface area contributed by atoms with Crippen LogP contribution < -0.4 is 5.32 Å². The molecule has 1 saturated carbocycles. The summed E-state index contributed by atoms with van der Waals surface area (Å²) in [5, 5.41) is 21.5. The van der Waals surface area contributed by atoms with Gasteiger partial charge in [0, 0.05) is 12.6 Å². The molecule has 0 bridgehead atoms. The van der Waals surface area contributed by atoms with Crippen molar-refractivity contribution in [2.45, 2.75) is 26.2 Å². The standard InChI is InChI=1S/C13H17NO3/c1-2-13(5-6-13)8-14-12(17)10-4-3-9(15)7-11(10)16/h3-4,7,15-16H,2,5-6,8H2,1H3,(H,14,17). The average Bonchev–Trinajstić information content (AvgIpc) is 3.07. The summed E-state index contributed by atoms with van der Waals surface area (Å²) < 4.78 is 0. The first-order chi connectivity index (χ1) is 8.06. The average molecular weight is 235 g/mol. The Kier molecular flexibility index (Phi) is 2.96. The van der Waals surface area contributed by atoms with Gasteiger partial charge in [-0.15, -0.1) is 0 Å². The Bertz CT molecular complexity index is 438. The molecule has 0 heterocycles. The highest BCUT2D eigenvalue weighted by Gasteiger charge is 2.40. The van der Waals surface area contributed by atoms with Gasteiger partial charge in [0.15, 0.2) is 0 Å². The molecule has 1 fully saturated rings. The van der Waals surface area contributed by atoms with E-state index in [0.717, 1.165) is 19.3 Å². The SMILES string of the molecule is CCC1(CNC(=O)c2ccc(O)cc2O)CC1. The molecule has 17 heavy (non-hydrogen) atoms. The maximum atomic E-state index is 11.8. The molecule has 3 N–H and O–H groups in total. The second-order valence-corrected chi connectivity index (χ2v) is 4.74. The number of nitrogens with one attached hydrogen (secondary N) is 1. The van der Waals surface area contributed by atoms with Gasteiger partial charge in [0.1, 0.15) is 11.5 Å². The van der Waals surface area contributed by atoms with Crippen LogP contribution in [0.15, 0.2) is 18.2 Å². The zero-order chi connectivity index (χ0) is 12.5. The van der Waals surface area contributed by atoms with Gasteiger partial charge in [-0.2, -0.15) is 0 Å². The highest BCUT2D eigenvalue weighted by atomic mass is 16.3. The van der Waals surface area contributed by atoms with Crippen LogP contribution in [0.2, 0.25) is 0 Å². The molecule has 4 heteroatoms. The molecule has 4 nitrogen and oxygen atoms in total. The molecule has 0 radical (unpaired) electrons. The molecule has 1 amide bonds. The third-order valence-corrected chi connectivity index (χ3v) is 3.56. The predicted octanol–water partition coefficient (Wildman–Crippen LogP) is 2.02. The van der Waals surface area contributed by atoms with Crippen molar-refractivity contribution in [1.82, 2.24) is 5.32 Å². The van der Waals surface area contributed by atoms with Crippen LogP contribution in [0.4, 0.5) is 0 Å². The third kappa shape index (κ3) is 2.52. The fourth-order valence-electron chi connectivity index (χ4n) is 1.91. The minimum atomic E-state index is -0.290. The number of carbonyl (C=O) groups is 1. The lowest BCUT2D eigenvalue weighted by molar-refractivity contribution is 0.0941. The van der Waals surface area contributed by atoms with Gasteiger partial charge in [0.25, 0.3) is 5.91 Å². The lowest BCUT2D eigenvalue weighted by Gasteiger charge is -2.13. The lowest BCUT2D eigenvalue weighted by Crippen LogP contribution is -2.29. The van der Waals surface area contributed by atoms with Gasteiger partial charge in [-0.05, 0) is 36.8 Å². The summed E-state index contributed by atoms with van der Waals surface area (Å²) in [7, 11) is 0. The van der Waals surface area contributed by atoms with Crippen LogP contribution in [0.3, 0.4) is 0 Å². The second kappa shape index (κ2) is 4.28. The van der Waals surface area contributed by atoms with E-state index in [1.54, 1.807) is 0 Å². The fraction of sp³-hybridized carbons (Fsp3) is 0.462. The molecule has 0 saturated heterocycles. The van der Waals surface area contributed by atoms with Gasteiger partial charge in [0.05, 0.1) is 5.56 Å². The second-order valence-electron chi connectivity index (χ2n) is 4.74. The van der Waals surface area contributed by atoms with Crippen molar-refractivity contribution in [1.29, 1.82) is 0 Å². The van der Waals surface area contributed by atoms with E-state index >= 15 is 0 Å². The van der Waals surface area contributed by atoms with Crippen molar-refractivity contribution in [3.05, 3.63) is 23.8 Å². The molecule has 92 valence electrons. The van der Waals surface area contributed by atoms with Crippen LogP contribution in [0.1, 0.15) is 36.5 Å². The molecule has 0 unspecified atom stereocenters. The van der Waals surface area contributed by atoms with Gasteiger partial charge in [-0.1, -0.05) is 6.92 Å². The Morgan fingerprint density at radius 2 is 2.12 bits per heavy atom. The molecule has 1 aliphatic carbocycles. The Hall–Kier alpha value is -1.71. The van der Waals surface area contributed by atoms with Crippen LogP contribution >= 0.6 is 0 Å². The Balaban J connectivity index is 2.00. The first-order valence-corrected chi connectivity index (χ1v) is 5.86. The number of benzene rings is 1. The van der Waals surface area contributed by atoms with Crippen molar-refractivity contribution >= 4 is 5.91 Å². The molecule has 2 rings (SSSR count). The minimum absolute atomic E-state index is 0.0497. The zero-order valence-electron chi connectivity index (χ0n) is 9.86. The number of hydrogen-bond donors (Lipinski definition) is 3. The van der Waals surface area contributed by atoms with Crippen LogP contribution in [0.25, 0.3) is 0 Å². The number of amides is 1.